The maximum Gasteiger partial charge on any atom is 0.200 e. The van der Waals surface area contributed by atoms with Crippen LogP contribution in [0.25, 0.3) is 0 Å². The van der Waals surface area contributed by atoms with Crippen molar-refractivity contribution in [1.29, 1.82) is 0 Å². The SMILES string of the molecule is OC1=C\C=C/C=C/OOC/C=C/C(O)=C\1O. The summed E-state index contributed by atoms with van der Waals surface area (Å²) in [7, 11) is 0. The minimum atomic E-state index is -0.606. The van der Waals surface area contributed by atoms with Crippen molar-refractivity contribution >= 4 is 0 Å². The molecule has 1 rings (SSSR count). The second-order valence-electron chi connectivity index (χ2n) is 2.78. The first-order valence-corrected chi connectivity index (χ1v) is 4.51. The molecule has 0 spiro atoms. The van der Waals surface area contributed by atoms with Crippen LogP contribution in [0.1, 0.15) is 0 Å². The van der Waals surface area contributed by atoms with Crippen LogP contribution in [0.2, 0.25) is 0 Å². The maximum atomic E-state index is 9.34. The molecule has 0 saturated carbocycles. The predicted octanol–water partition coefficient (Wildman–Crippen LogP) is 2.34. The first kappa shape index (κ1) is 11.9. The lowest BCUT2D eigenvalue weighted by Crippen LogP contribution is -1.93. The molecule has 0 unspecified atom stereocenters. The molecule has 3 N–H and O–H groups in total. The Bertz CT molecular complexity index is 374. The monoisotopic (exact) mass is 224 g/mol. The predicted molar refractivity (Wildman–Crippen MR) is 57.5 cm³/mol. The van der Waals surface area contributed by atoms with E-state index in [1.807, 2.05) is 0 Å². The van der Waals surface area contributed by atoms with Crippen molar-refractivity contribution < 1.29 is 25.1 Å². The van der Waals surface area contributed by atoms with Gasteiger partial charge in [0.2, 0.25) is 0 Å². The standard InChI is InChI=1S/C11H12O5/c12-9-5-2-1-3-7-15-16-8-4-6-10(13)11(9)14/h1-7,12-14H,8H2/b2-1-,6-4+,7-3+,9-5-,11-10-. The molecule has 5 heteroatoms. The molecular formula is C11H12O5. The summed E-state index contributed by atoms with van der Waals surface area (Å²) in [5.74, 6) is -1.50. The van der Waals surface area contributed by atoms with Gasteiger partial charge in [0, 0.05) is 0 Å². The molecule has 5 nitrogen and oxygen atoms in total. The minimum Gasteiger partial charge on any atom is -0.504 e. The summed E-state index contributed by atoms with van der Waals surface area (Å²) in [6.07, 6.45) is 9.68. The molecule has 0 radical (unpaired) electrons. The molecule has 0 aromatic carbocycles. The number of hydrogen-bond acceptors (Lipinski definition) is 5. The van der Waals surface area contributed by atoms with E-state index in [4.69, 9.17) is 0 Å². The highest BCUT2D eigenvalue weighted by molar-refractivity contribution is 5.29. The Balaban J connectivity index is 2.93. The van der Waals surface area contributed by atoms with Gasteiger partial charge >= 0.3 is 0 Å². The van der Waals surface area contributed by atoms with Crippen molar-refractivity contribution in [2.24, 2.45) is 0 Å². The van der Waals surface area contributed by atoms with Crippen molar-refractivity contribution in [3.05, 3.63) is 60.0 Å². The lowest BCUT2D eigenvalue weighted by molar-refractivity contribution is -0.238. The Morgan fingerprint density at radius 3 is 2.69 bits per heavy atom. The third-order valence-electron chi connectivity index (χ3n) is 1.60. The van der Waals surface area contributed by atoms with E-state index in [2.05, 4.69) is 9.78 Å². The van der Waals surface area contributed by atoms with Gasteiger partial charge < -0.3 is 20.2 Å². The molecule has 1 heterocycles. The summed E-state index contributed by atoms with van der Waals surface area (Å²) in [5.41, 5.74) is 0. The zero-order valence-electron chi connectivity index (χ0n) is 8.41. The van der Waals surface area contributed by atoms with E-state index in [9.17, 15) is 15.3 Å². The van der Waals surface area contributed by atoms with Gasteiger partial charge in [-0.15, -0.1) is 0 Å². The Kier molecular flexibility index (Phi) is 4.75. The molecule has 0 bridgehead atoms. The smallest absolute Gasteiger partial charge is 0.200 e. The fourth-order valence-electron chi connectivity index (χ4n) is 0.855. The zero-order valence-corrected chi connectivity index (χ0v) is 8.41. The summed E-state index contributed by atoms with van der Waals surface area (Å²) >= 11 is 0. The molecule has 0 aliphatic carbocycles. The molecule has 0 aromatic rings. The van der Waals surface area contributed by atoms with Gasteiger partial charge in [0.25, 0.3) is 0 Å². The van der Waals surface area contributed by atoms with Crippen LogP contribution in [0.3, 0.4) is 0 Å². The van der Waals surface area contributed by atoms with Crippen molar-refractivity contribution in [2.45, 2.75) is 0 Å². The van der Waals surface area contributed by atoms with Gasteiger partial charge in [0.1, 0.15) is 12.9 Å². The highest BCUT2D eigenvalue weighted by Gasteiger charge is 2.04. The number of rotatable bonds is 0. The summed E-state index contributed by atoms with van der Waals surface area (Å²) in [6.45, 7) is 0.0931. The summed E-state index contributed by atoms with van der Waals surface area (Å²) in [6, 6.07) is 0. The zero-order chi connectivity index (χ0) is 11.8. The van der Waals surface area contributed by atoms with Gasteiger partial charge in [-0.1, -0.05) is 18.2 Å². The van der Waals surface area contributed by atoms with Gasteiger partial charge in [0.05, 0.1) is 0 Å². The molecule has 86 valence electrons. The van der Waals surface area contributed by atoms with Crippen molar-refractivity contribution in [3.8, 4) is 0 Å². The molecule has 0 saturated heterocycles. The fourth-order valence-corrected chi connectivity index (χ4v) is 0.855. The van der Waals surface area contributed by atoms with Crippen molar-refractivity contribution in [1.82, 2.24) is 0 Å². The summed E-state index contributed by atoms with van der Waals surface area (Å²) in [5, 5.41) is 28.0. The van der Waals surface area contributed by atoms with E-state index in [0.29, 0.717) is 0 Å². The Hall–Kier alpha value is -2.14. The molecule has 1 aliphatic heterocycles. The number of aliphatic hydroxyl groups is 3. The average molecular weight is 224 g/mol. The Labute approximate surface area is 92.5 Å². The van der Waals surface area contributed by atoms with E-state index in [-0.39, 0.29) is 6.61 Å². The highest BCUT2D eigenvalue weighted by Crippen LogP contribution is 2.09. The van der Waals surface area contributed by atoms with Crippen LogP contribution in [-0.4, -0.2) is 21.9 Å². The summed E-state index contributed by atoms with van der Waals surface area (Å²) < 4.78 is 0. The van der Waals surface area contributed by atoms with Crippen LogP contribution < -0.4 is 0 Å². The number of allylic oxidation sites excluding steroid dienone is 5. The molecule has 16 heavy (non-hydrogen) atoms. The van der Waals surface area contributed by atoms with E-state index >= 15 is 0 Å². The second-order valence-corrected chi connectivity index (χ2v) is 2.78. The van der Waals surface area contributed by atoms with Gasteiger partial charge in [-0.3, -0.25) is 0 Å². The Morgan fingerprint density at radius 2 is 1.88 bits per heavy atom. The van der Waals surface area contributed by atoms with E-state index in [1.165, 1.54) is 36.6 Å². The third-order valence-corrected chi connectivity index (χ3v) is 1.60. The molecule has 1 aliphatic rings. The van der Waals surface area contributed by atoms with Crippen LogP contribution in [0.15, 0.2) is 60.0 Å². The summed E-state index contributed by atoms with van der Waals surface area (Å²) in [4.78, 5) is 9.26. The van der Waals surface area contributed by atoms with E-state index in [0.717, 1.165) is 0 Å². The maximum absolute atomic E-state index is 9.34. The van der Waals surface area contributed by atoms with Crippen LogP contribution in [0.4, 0.5) is 0 Å². The largest absolute Gasteiger partial charge is 0.504 e. The van der Waals surface area contributed by atoms with Gasteiger partial charge in [-0.2, -0.15) is 4.89 Å². The van der Waals surface area contributed by atoms with Crippen LogP contribution in [-0.2, 0) is 9.78 Å². The van der Waals surface area contributed by atoms with Crippen LogP contribution in [0, 0.1) is 0 Å². The molecule has 0 atom stereocenters. The highest BCUT2D eigenvalue weighted by atomic mass is 17.2. The van der Waals surface area contributed by atoms with Crippen LogP contribution in [0.5, 0.6) is 0 Å². The normalized spacial score (nSPS) is 31.9. The number of aliphatic hydroxyl groups excluding tert-OH is 3. The number of hydrogen-bond donors (Lipinski definition) is 3. The minimum absolute atomic E-state index is 0.0931. The fraction of sp³-hybridized carbons (Fsp3) is 0.0909. The van der Waals surface area contributed by atoms with Crippen molar-refractivity contribution in [3.63, 3.8) is 0 Å². The topological polar surface area (TPSA) is 79.2 Å². The van der Waals surface area contributed by atoms with Crippen LogP contribution >= 0.6 is 0 Å². The molecule has 0 amide bonds. The van der Waals surface area contributed by atoms with Crippen molar-refractivity contribution in [2.75, 3.05) is 6.61 Å². The quantitative estimate of drug-likeness (QED) is 0.550. The average Bonchev–Trinajstić information content (AvgIpc) is 2.29. The van der Waals surface area contributed by atoms with E-state index < -0.39 is 17.3 Å². The molecular weight excluding hydrogens is 212 g/mol. The first-order chi connectivity index (χ1) is 7.72. The molecule has 0 aromatic heterocycles. The Morgan fingerprint density at radius 1 is 1.06 bits per heavy atom. The lowest BCUT2D eigenvalue weighted by Gasteiger charge is -1.99. The van der Waals surface area contributed by atoms with Gasteiger partial charge in [-0.25, -0.2) is 0 Å². The van der Waals surface area contributed by atoms with Gasteiger partial charge in [-0.05, 0) is 18.2 Å². The lowest BCUT2D eigenvalue weighted by atomic mass is 10.3. The first-order valence-electron chi connectivity index (χ1n) is 4.51. The third kappa shape index (κ3) is 3.93. The van der Waals surface area contributed by atoms with Gasteiger partial charge in [0.15, 0.2) is 17.3 Å². The molecule has 0 fully saturated rings. The van der Waals surface area contributed by atoms with E-state index in [1.54, 1.807) is 6.08 Å². The second kappa shape index (κ2) is 6.36.